The molecule has 0 spiro atoms. The zero-order valence-corrected chi connectivity index (χ0v) is 12.3. The number of halogens is 1. The highest BCUT2D eigenvalue weighted by Crippen LogP contribution is 2.32. The Morgan fingerprint density at radius 3 is 2.65 bits per heavy atom. The highest BCUT2D eigenvalue weighted by molar-refractivity contribution is 6.30. The Balaban J connectivity index is 2.00. The Bertz CT molecular complexity index is 579. The van der Waals surface area contributed by atoms with Gasteiger partial charge in [-0.25, -0.2) is 4.79 Å². The molecule has 4 nitrogen and oxygen atoms in total. The second kappa shape index (κ2) is 5.67. The van der Waals surface area contributed by atoms with Gasteiger partial charge in [0.15, 0.2) is 5.78 Å². The van der Waals surface area contributed by atoms with Gasteiger partial charge in [-0.1, -0.05) is 31.5 Å². The van der Waals surface area contributed by atoms with E-state index in [9.17, 15) is 9.59 Å². The summed E-state index contributed by atoms with van der Waals surface area (Å²) >= 11 is 5.85. The van der Waals surface area contributed by atoms with Crippen LogP contribution in [0.4, 0.5) is 10.5 Å². The number of amides is 2. The van der Waals surface area contributed by atoms with E-state index >= 15 is 0 Å². The van der Waals surface area contributed by atoms with Gasteiger partial charge >= 0.3 is 6.03 Å². The normalized spacial score (nSPS) is 17.4. The van der Waals surface area contributed by atoms with Crippen molar-refractivity contribution in [2.75, 3.05) is 5.32 Å². The maximum atomic E-state index is 11.9. The topological polar surface area (TPSA) is 58.2 Å². The first kappa shape index (κ1) is 14.6. The summed E-state index contributed by atoms with van der Waals surface area (Å²) in [5, 5.41) is 5.96. The molecule has 20 heavy (non-hydrogen) atoms. The fourth-order valence-corrected chi connectivity index (χ4v) is 2.49. The van der Waals surface area contributed by atoms with Gasteiger partial charge < -0.3 is 10.6 Å². The van der Waals surface area contributed by atoms with E-state index in [2.05, 4.69) is 10.6 Å². The van der Waals surface area contributed by atoms with Crippen molar-refractivity contribution in [3.8, 4) is 0 Å². The summed E-state index contributed by atoms with van der Waals surface area (Å²) in [7, 11) is 0. The molecule has 1 aromatic rings. The number of rotatable bonds is 2. The summed E-state index contributed by atoms with van der Waals surface area (Å²) in [6.45, 7) is 4.02. The van der Waals surface area contributed by atoms with Crippen LogP contribution in [0.5, 0.6) is 0 Å². The summed E-state index contributed by atoms with van der Waals surface area (Å²) < 4.78 is 0. The van der Waals surface area contributed by atoms with E-state index in [0.29, 0.717) is 29.2 Å². The van der Waals surface area contributed by atoms with Gasteiger partial charge in [0.25, 0.3) is 0 Å². The lowest BCUT2D eigenvalue weighted by Gasteiger charge is -2.28. The number of allylic oxidation sites excluding steroid dienone is 2. The molecule has 1 aliphatic carbocycles. The first-order chi connectivity index (χ1) is 9.34. The number of carbonyl (C=O) groups is 2. The molecule has 0 heterocycles. The summed E-state index contributed by atoms with van der Waals surface area (Å²) in [5.74, 6) is 0.0410. The Morgan fingerprint density at radius 1 is 1.25 bits per heavy atom. The molecule has 1 aliphatic rings. The third-order valence-corrected chi connectivity index (χ3v) is 3.25. The minimum Gasteiger partial charge on any atom is -0.311 e. The molecule has 0 saturated heterocycles. The number of urea groups is 1. The van der Waals surface area contributed by atoms with Gasteiger partial charge in [-0.05, 0) is 30.0 Å². The maximum absolute atomic E-state index is 11.9. The van der Waals surface area contributed by atoms with E-state index in [1.165, 1.54) is 6.08 Å². The fraction of sp³-hybridized carbons (Fsp3) is 0.333. The Morgan fingerprint density at radius 2 is 2.00 bits per heavy atom. The smallest absolute Gasteiger partial charge is 0.311 e. The van der Waals surface area contributed by atoms with Crippen molar-refractivity contribution in [1.82, 2.24) is 5.32 Å². The molecule has 0 saturated carbocycles. The van der Waals surface area contributed by atoms with Crippen molar-refractivity contribution in [3.05, 3.63) is 41.1 Å². The van der Waals surface area contributed by atoms with Crippen LogP contribution in [0.25, 0.3) is 0 Å². The standard InChI is InChI=1S/C15H17ClN2O2/c1-15(2)8-12(7-13(19)9-15)18-14(20)17-11-5-3-4-10(16)6-11/h3-7H,8-9H2,1-2H3,(H2,17,18,20). The summed E-state index contributed by atoms with van der Waals surface area (Å²) in [4.78, 5) is 23.5. The minimum absolute atomic E-state index is 0.0410. The molecule has 1 aromatic carbocycles. The fourth-order valence-electron chi connectivity index (χ4n) is 2.30. The average molecular weight is 293 g/mol. The van der Waals surface area contributed by atoms with E-state index in [0.717, 1.165) is 0 Å². The number of benzene rings is 1. The van der Waals surface area contributed by atoms with Gasteiger partial charge in [0.2, 0.25) is 0 Å². The Kier molecular flexibility index (Phi) is 4.14. The molecule has 106 valence electrons. The predicted molar refractivity (Wildman–Crippen MR) is 79.7 cm³/mol. The van der Waals surface area contributed by atoms with E-state index < -0.39 is 0 Å². The number of ketones is 1. The molecule has 5 heteroatoms. The summed E-state index contributed by atoms with van der Waals surface area (Å²) in [6, 6.07) is 6.52. The second-order valence-corrected chi connectivity index (χ2v) is 6.18. The molecule has 2 rings (SSSR count). The number of carbonyl (C=O) groups excluding carboxylic acids is 2. The maximum Gasteiger partial charge on any atom is 0.323 e. The molecule has 0 fully saturated rings. The first-order valence-corrected chi connectivity index (χ1v) is 6.79. The average Bonchev–Trinajstić information content (AvgIpc) is 2.25. The Hall–Kier alpha value is -1.81. The third kappa shape index (κ3) is 4.10. The van der Waals surface area contributed by atoms with Crippen LogP contribution in [0.15, 0.2) is 36.0 Å². The zero-order valence-electron chi connectivity index (χ0n) is 11.5. The van der Waals surface area contributed by atoms with Crippen LogP contribution in [0.2, 0.25) is 5.02 Å². The largest absolute Gasteiger partial charge is 0.323 e. The van der Waals surface area contributed by atoms with Crippen LogP contribution in [-0.4, -0.2) is 11.8 Å². The summed E-state index contributed by atoms with van der Waals surface area (Å²) in [5.41, 5.74) is 1.13. The van der Waals surface area contributed by atoms with Crippen LogP contribution in [0.1, 0.15) is 26.7 Å². The van der Waals surface area contributed by atoms with Gasteiger partial charge in [-0.15, -0.1) is 0 Å². The van der Waals surface area contributed by atoms with Crippen LogP contribution in [0, 0.1) is 5.41 Å². The van der Waals surface area contributed by atoms with Gasteiger partial charge in [0.05, 0.1) is 0 Å². The molecule has 0 bridgehead atoms. The summed E-state index contributed by atoms with van der Waals surface area (Å²) in [6.07, 6.45) is 2.68. The highest BCUT2D eigenvalue weighted by atomic mass is 35.5. The number of anilines is 1. The molecule has 0 aromatic heterocycles. The highest BCUT2D eigenvalue weighted by Gasteiger charge is 2.28. The lowest BCUT2D eigenvalue weighted by atomic mass is 9.79. The molecule has 0 unspecified atom stereocenters. The molecule has 2 N–H and O–H groups in total. The Labute approximate surface area is 123 Å². The van der Waals surface area contributed by atoms with E-state index in [4.69, 9.17) is 11.6 Å². The van der Waals surface area contributed by atoms with E-state index in [1.54, 1.807) is 24.3 Å². The van der Waals surface area contributed by atoms with Crippen molar-refractivity contribution in [2.24, 2.45) is 5.41 Å². The lowest BCUT2D eigenvalue weighted by Crippen LogP contribution is -2.33. The van der Waals surface area contributed by atoms with E-state index in [-0.39, 0.29) is 17.2 Å². The minimum atomic E-state index is -0.371. The van der Waals surface area contributed by atoms with Crippen LogP contribution in [-0.2, 0) is 4.79 Å². The number of nitrogens with one attached hydrogen (secondary N) is 2. The molecule has 2 amide bonds. The van der Waals surface area contributed by atoms with Crippen molar-refractivity contribution in [2.45, 2.75) is 26.7 Å². The quantitative estimate of drug-likeness (QED) is 0.872. The van der Waals surface area contributed by atoms with E-state index in [1.807, 2.05) is 13.8 Å². The van der Waals surface area contributed by atoms with Crippen molar-refractivity contribution in [1.29, 1.82) is 0 Å². The SMILES string of the molecule is CC1(C)CC(=O)C=C(NC(=O)Nc2cccc(Cl)c2)C1. The van der Waals surface area contributed by atoms with Gasteiger partial charge in [-0.3, -0.25) is 4.79 Å². The molecule has 0 radical (unpaired) electrons. The molecular formula is C15H17ClN2O2. The third-order valence-electron chi connectivity index (χ3n) is 3.01. The predicted octanol–water partition coefficient (Wildman–Crippen LogP) is 3.73. The van der Waals surface area contributed by atoms with Crippen molar-refractivity contribution < 1.29 is 9.59 Å². The van der Waals surface area contributed by atoms with Gasteiger partial charge in [-0.2, -0.15) is 0 Å². The van der Waals surface area contributed by atoms with Crippen LogP contribution in [0.3, 0.4) is 0 Å². The van der Waals surface area contributed by atoms with Gasteiger partial charge in [0, 0.05) is 28.9 Å². The monoisotopic (exact) mass is 292 g/mol. The van der Waals surface area contributed by atoms with Gasteiger partial charge in [0.1, 0.15) is 0 Å². The molecule has 0 aliphatic heterocycles. The van der Waals surface area contributed by atoms with Crippen LogP contribution < -0.4 is 10.6 Å². The second-order valence-electron chi connectivity index (χ2n) is 5.74. The van der Waals surface area contributed by atoms with Crippen molar-refractivity contribution in [3.63, 3.8) is 0 Å². The van der Waals surface area contributed by atoms with Crippen molar-refractivity contribution >= 4 is 29.1 Å². The number of hydrogen-bond donors (Lipinski definition) is 2. The lowest BCUT2D eigenvalue weighted by molar-refractivity contribution is -0.117. The van der Waals surface area contributed by atoms with Crippen LogP contribution >= 0.6 is 11.6 Å². The first-order valence-electron chi connectivity index (χ1n) is 6.41. The number of hydrogen-bond acceptors (Lipinski definition) is 2. The zero-order chi connectivity index (χ0) is 14.8. The molecular weight excluding hydrogens is 276 g/mol. The molecule has 0 atom stereocenters.